The lowest BCUT2D eigenvalue weighted by Crippen LogP contribution is -2.39. The van der Waals surface area contributed by atoms with Gasteiger partial charge in [-0.05, 0) is 31.2 Å². The fourth-order valence-electron chi connectivity index (χ4n) is 2.85. The number of para-hydroxylation sites is 2. The first-order valence-corrected chi connectivity index (χ1v) is 9.14. The highest BCUT2D eigenvalue weighted by atomic mass is 16.5. The van der Waals surface area contributed by atoms with Crippen molar-refractivity contribution in [3.8, 4) is 11.5 Å². The Hall–Kier alpha value is -3.55. The predicted octanol–water partition coefficient (Wildman–Crippen LogP) is 2.38. The van der Waals surface area contributed by atoms with Crippen molar-refractivity contribution in [2.24, 2.45) is 0 Å². The van der Waals surface area contributed by atoms with Gasteiger partial charge in [-0.3, -0.25) is 19.3 Å². The van der Waals surface area contributed by atoms with Gasteiger partial charge in [-0.15, -0.1) is 0 Å². The van der Waals surface area contributed by atoms with E-state index >= 15 is 0 Å². The normalized spacial score (nSPS) is 14.1. The number of benzene rings is 2. The smallest absolute Gasteiger partial charge is 0.326 e. The molecule has 0 aromatic heterocycles. The van der Waals surface area contributed by atoms with E-state index in [0.717, 1.165) is 0 Å². The number of anilines is 2. The number of nitrogens with one attached hydrogen (secondary N) is 1. The van der Waals surface area contributed by atoms with Crippen molar-refractivity contribution in [2.45, 2.75) is 19.4 Å². The molecule has 29 heavy (non-hydrogen) atoms. The molecule has 2 aromatic carbocycles. The van der Waals surface area contributed by atoms with Gasteiger partial charge in [0.05, 0.1) is 25.8 Å². The second-order valence-corrected chi connectivity index (χ2v) is 6.40. The van der Waals surface area contributed by atoms with Crippen LogP contribution >= 0.6 is 0 Å². The summed E-state index contributed by atoms with van der Waals surface area (Å²) in [6.07, 6.45) is -0.893. The topological polar surface area (TPSA) is 94.2 Å². The molecule has 152 valence electrons. The van der Waals surface area contributed by atoms with Crippen LogP contribution in [0.25, 0.3) is 0 Å². The van der Waals surface area contributed by atoms with Gasteiger partial charge in [0.2, 0.25) is 5.91 Å². The van der Waals surface area contributed by atoms with Crippen molar-refractivity contribution >= 4 is 29.2 Å². The lowest BCUT2D eigenvalue weighted by molar-refractivity contribution is -0.152. The van der Waals surface area contributed by atoms with E-state index in [1.807, 2.05) is 0 Å². The van der Waals surface area contributed by atoms with Gasteiger partial charge in [0.25, 0.3) is 5.91 Å². The molecular weight excluding hydrogens is 376 g/mol. The third-order valence-corrected chi connectivity index (χ3v) is 4.33. The van der Waals surface area contributed by atoms with E-state index in [1.165, 1.54) is 18.9 Å². The number of fused-ring (bicyclic) bond motifs is 1. The zero-order chi connectivity index (χ0) is 20.8. The van der Waals surface area contributed by atoms with Crippen LogP contribution in [0.15, 0.2) is 48.5 Å². The summed E-state index contributed by atoms with van der Waals surface area (Å²) >= 11 is 0. The number of rotatable bonds is 6. The number of hydrogen-bond donors (Lipinski definition) is 1. The summed E-state index contributed by atoms with van der Waals surface area (Å²) < 4.78 is 15.9. The molecule has 0 saturated carbocycles. The number of carbonyl (C=O) groups is 3. The minimum atomic E-state index is -1.04. The number of nitrogens with zero attached hydrogens (tertiary/aromatic N) is 1. The molecule has 0 spiro atoms. The molecule has 3 rings (SSSR count). The molecule has 1 aliphatic rings. The van der Waals surface area contributed by atoms with Crippen molar-refractivity contribution in [1.82, 2.24) is 0 Å². The third-order valence-electron chi connectivity index (χ3n) is 4.33. The van der Waals surface area contributed by atoms with E-state index < -0.39 is 18.0 Å². The summed E-state index contributed by atoms with van der Waals surface area (Å²) in [4.78, 5) is 38.4. The Labute approximate surface area is 168 Å². The zero-order valence-corrected chi connectivity index (χ0v) is 16.2. The van der Waals surface area contributed by atoms with Crippen LogP contribution in [-0.2, 0) is 19.1 Å². The maximum absolute atomic E-state index is 12.4. The number of hydrogen-bond acceptors (Lipinski definition) is 6. The molecule has 2 amide bonds. The molecule has 1 N–H and O–H groups in total. The largest absolute Gasteiger partial charge is 0.497 e. The Bertz CT molecular complexity index is 914. The molecule has 1 aliphatic heterocycles. The van der Waals surface area contributed by atoms with Crippen LogP contribution in [0.4, 0.5) is 11.4 Å². The first-order chi connectivity index (χ1) is 14.0. The molecule has 0 unspecified atom stereocenters. The number of carbonyl (C=O) groups excluding carboxylic acids is 3. The maximum Gasteiger partial charge on any atom is 0.326 e. The van der Waals surface area contributed by atoms with Crippen molar-refractivity contribution < 1.29 is 28.6 Å². The lowest BCUT2D eigenvalue weighted by Gasteiger charge is -2.22. The van der Waals surface area contributed by atoms with E-state index in [0.29, 0.717) is 22.9 Å². The van der Waals surface area contributed by atoms with Gasteiger partial charge in [-0.1, -0.05) is 18.2 Å². The molecule has 0 radical (unpaired) electrons. The minimum Gasteiger partial charge on any atom is -0.497 e. The maximum atomic E-state index is 12.4. The van der Waals surface area contributed by atoms with Gasteiger partial charge in [0, 0.05) is 11.8 Å². The van der Waals surface area contributed by atoms with E-state index in [4.69, 9.17) is 14.2 Å². The minimum absolute atomic E-state index is 0.147. The molecule has 1 heterocycles. The molecule has 2 aromatic rings. The first-order valence-electron chi connectivity index (χ1n) is 9.14. The van der Waals surface area contributed by atoms with Gasteiger partial charge in [0.15, 0.2) is 6.10 Å². The summed E-state index contributed by atoms with van der Waals surface area (Å²) in [5.74, 6) is -0.316. The lowest BCUT2D eigenvalue weighted by atomic mass is 10.2. The van der Waals surface area contributed by atoms with Crippen LogP contribution in [0.5, 0.6) is 11.5 Å². The van der Waals surface area contributed by atoms with E-state index in [2.05, 4.69) is 5.32 Å². The van der Waals surface area contributed by atoms with Crippen molar-refractivity contribution in [3.05, 3.63) is 48.5 Å². The average Bonchev–Trinajstić information content (AvgIpc) is 2.87. The zero-order valence-electron chi connectivity index (χ0n) is 16.2. The van der Waals surface area contributed by atoms with Crippen molar-refractivity contribution in [1.29, 1.82) is 0 Å². The number of esters is 1. The molecule has 0 bridgehead atoms. The molecule has 8 heteroatoms. The summed E-state index contributed by atoms with van der Waals surface area (Å²) in [5, 5.41) is 2.66. The van der Waals surface area contributed by atoms with Crippen molar-refractivity contribution in [2.75, 3.05) is 30.5 Å². The van der Waals surface area contributed by atoms with E-state index in [-0.39, 0.29) is 25.5 Å². The van der Waals surface area contributed by atoms with Crippen LogP contribution in [-0.4, -0.2) is 44.1 Å². The Balaban J connectivity index is 1.62. The standard InChI is InChI=1S/C21H22N2O6/c1-14(21(26)22-15-6-5-7-16(12-15)27-2)29-20(25)13-23-17-8-3-4-9-18(17)28-11-10-19(23)24/h3-9,12,14H,10-11,13H2,1-2H3,(H,22,26)/t14-/m0/s1. The van der Waals surface area contributed by atoms with E-state index in [1.54, 1.807) is 48.5 Å². The van der Waals surface area contributed by atoms with Gasteiger partial charge in [-0.2, -0.15) is 0 Å². The molecule has 1 atom stereocenters. The Kier molecular flexibility index (Phi) is 6.33. The summed E-state index contributed by atoms with van der Waals surface area (Å²) in [5.41, 5.74) is 1.02. The third kappa shape index (κ3) is 5.04. The molecular formula is C21H22N2O6. The highest BCUT2D eigenvalue weighted by Crippen LogP contribution is 2.30. The number of amides is 2. The van der Waals surface area contributed by atoms with Crippen molar-refractivity contribution in [3.63, 3.8) is 0 Å². The van der Waals surface area contributed by atoms with Gasteiger partial charge in [-0.25, -0.2) is 0 Å². The monoisotopic (exact) mass is 398 g/mol. The van der Waals surface area contributed by atoms with Gasteiger partial charge < -0.3 is 19.5 Å². The van der Waals surface area contributed by atoms with Gasteiger partial charge in [0.1, 0.15) is 18.0 Å². The van der Waals surface area contributed by atoms with Crippen LogP contribution in [0.2, 0.25) is 0 Å². The number of ether oxygens (including phenoxy) is 3. The average molecular weight is 398 g/mol. The van der Waals surface area contributed by atoms with Crippen LogP contribution < -0.4 is 19.7 Å². The summed E-state index contributed by atoms with van der Waals surface area (Å²) in [7, 11) is 1.53. The fraction of sp³-hybridized carbons (Fsp3) is 0.286. The quantitative estimate of drug-likeness (QED) is 0.751. The molecule has 8 nitrogen and oxygen atoms in total. The molecule has 0 fully saturated rings. The van der Waals surface area contributed by atoms with Crippen LogP contribution in [0, 0.1) is 0 Å². The predicted molar refractivity (Wildman–Crippen MR) is 106 cm³/mol. The molecule has 0 aliphatic carbocycles. The summed E-state index contributed by atoms with van der Waals surface area (Å²) in [6.45, 7) is 1.39. The fourth-order valence-corrected chi connectivity index (χ4v) is 2.85. The highest BCUT2D eigenvalue weighted by Gasteiger charge is 2.27. The first kappa shape index (κ1) is 20.2. The Morgan fingerprint density at radius 3 is 2.79 bits per heavy atom. The van der Waals surface area contributed by atoms with E-state index in [9.17, 15) is 14.4 Å². The van der Waals surface area contributed by atoms with Crippen LogP contribution in [0.1, 0.15) is 13.3 Å². The number of methoxy groups -OCH3 is 1. The van der Waals surface area contributed by atoms with Crippen LogP contribution in [0.3, 0.4) is 0 Å². The Morgan fingerprint density at radius 2 is 2.00 bits per heavy atom. The Morgan fingerprint density at radius 1 is 1.21 bits per heavy atom. The second kappa shape index (κ2) is 9.09. The summed E-state index contributed by atoms with van der Waals surface area (Å²) in [6, 6.07) is 13.8. The molecule has 0 saturated heterocycles. The van der Waals surface area contributed by atoms with Gasteiger partial charge >= 0.3 is 5.97 Å². The second-order valence-electron chi connectivity index (χ2n) is 6.40. The highest BCUT2D eigenvalue weighted by molar-refractivity contribution is 6.00. The SMILES string of the molecule is COc1cccc(NC(=O)[C@H](C)OC(=O)CN2C(=O)CCOc3ccccc32)c1.